The minimum atomic E-state index is -0.896. The number of carbonyl (C=O) groups is 2. The fraction of sp³-hybridized carbons (Fsp3) is 0.440. The SMILES string of the molecule is CCCCNC(=O)CN1C[C@H](c2ccc3c(c2)OCO3)[C@@H](C(=O)O)[C@@H]1c1ccc(OC)cc1. The molecular formula is C25H30N2O6. The monoisotopic (exact) mass is 454 g/mol. The van der Waals surface area contributed by atoms with Crippen LogP contribution in [-0.4, -0.2) is 55.4 Å². The molecule has 0 spiro atoms. The van der Waals surface area contributed by atoms with Gasteiger partial charge in [-0.3, -0.25) is 14.5 Å². The van der Waals surface area contributed by atoms with Crippen LogP contribution in [0.5, 0.6) is 17.2 Å². The van der Waals surface area contributed by atoms with Gasteiger partial charge in [-0.15, -0.1) is 0 Å². The molecular weight excluding hydrogens is 424 g/mol. The Labute approximate surface area is 193 Å². The lowest BCUT2D eigenvalue weighted by atomic mass is 9.82. The first-order valence-corrected chi connectivity index (χ1v) is 11.3. The Kier molecular flexibility index (Phi) is 7.03. The van der Waals surface area contributed by atoms with Crippen molar-refractivity contribution in [2.24, 2.45) is 5.92 Å². The van der Waals surface area contributed by atoms with E-state index >= 15 is 0 Å². The van der Waals surface area contributed by atoms with E-state index in [2.05, 4.69) is 12.2 Å². The van der Waals surface area contributed by atoms with Crippen molar-refractivity contribution in [2.75, 3.05) is 33.5 Å². The zero-order chi connectivity index (χ0) is 23.4. The van der Waals surface area contributed by atoms with E-state index in [0.29, 0.717) is 30.3 Å². The van der Waals surface area contributed by atoms with Gasteiger partial charge in [0.15, 0.2) is 11.5 Å². The van der Waals surface area contributed by atoms with E-state index in [1.54, 1.807) is 7.11 Å². The van der Waals surface area contributed by atoms with Gasteiger partial charge in [0, 0.05) is 25.0 Å². The molecule has 2 aromatic rings. The van der Waals surface area contributed by atoms with E-state index in [0.717, 1.165) is 24.0 Å². The maximum Gasteiger partial charge on any atom is 0.309 e. The first kappa shape index (κ1) is 22.9. The third-order valence-electron chi connectivity index (χ3n) is 6.36. The summed E-state index contributed by atoms with van der Waals surface area (Å²) in [5, 5.41) is 13.2. The normalized spacial score (nSPS) is 21.7. The summed E-state index contributed by atoms with van der Waals surface area (Å²) in [6, 6.07) is 12.5. The largest absolute Gasteiger partial charge is 0.497 e. The highest BCUT2D eigenvalue weighted by molar-refractivity contribution is 5.79. The highest BCUT2D eigenvalue weighted by Crippen LogP contribution is 2.47. The number of unbranched alkanes of at least 4 members (excludes halogenated alkanes) is 1. The second kappa shape index (κ2) is 10.1. The molecule has 2 N–H and O–H groups in total. The number of fused-ring (bicyclic) bond motifs is 1. The van der Waals surface area contributed by atoms with Crippen LogP contribution in [0, 0.1) is 5.92 Å². The second-order valence-electron chi connectivity index (χ2n) is 8.43. The molecule has 0 aromatic heterocycles. The lowest BCUT2D eigenvalue weighted by Crippen LogP contribution is -2.38. The molecule has 0 unspecified atom stereocenters. The highest BCUT2D eigenvalue weighted by Gasteiger charge is 2.48. The van der Waals surface area contributed by atoms with Crippen LogP contribution in [-0.2, 0) is 9.59 Å². The van der Waals surface area contributed by atoms with Crippen LogP contribution in [0.25, 0.3) is 0 Å². The average Bonchev–Trinajstić information content (AvgIpc) is 3.43. The number of hydrogen-bond acceptors (Lipinski definition) is 6. The van der Waals surface area contributed by atoms with Gasteiger partial charge in [0.2, 0.25) is 12.7 Å². The Morgan fingerprint density at radius 3 is 2.55 bits per heavy atom. The van der Waals surface area contributed by atoms with Crippen molar-refractivity contribution in [3.8, 4) is 17.2 Å². The van der Waals surface area contributed by atoms with Crippen LogP contribution in [0.15, 0.2) is 42.5 Å². The summed E-state index contributed by atoms with van der Waals surface area (Å²) in [4.78, 5) is 27.2. The molecule has 1 saturated heterocycles. The number of benzene rings is 2. The van der Waals surface area contributed by atoms with Gasteiger partial charge in [-0.2, -0.15) is 0 Å². The molecule has 0 saturated carbocycles. The number of carbonyl (C=O) groups excluding carboxylic acids is 1. The zero-order valence-corrected chi connectivity index (χ0v) is 19.0. The summed E-state index contributed by atoms with van der Waals surface area (Å²) in [6.45, 7) is 3.41. The van der Waals surface area contributed by atoms with Crippen molar-refractivity contribution >= 4 is 11.9 Å². The molecule has 2 aliphatic rings. The lowest BCUT2D eigenvalue weighted by molar-refractivity contribution is -0.143. The van der Waals surface area contributed by atoms with Crippen molar-refractivity contribution in [2.45, 2.75) is 31.7 Å². The minimum absolute atomic E-state index is 0.0996. The third-order valence-corrected chi connectivity index (χ3v) is 6.36. The quantitative estimate of drug-likeness (QED) is 0.562. The summed E-state index contributed by atoms with van der Waals surface area (Å²) in [5.41, 5.74) is 1.70. The number of rotatable bonds is 9. The van der Waals surface area contributed by atoms with E-state index in [1.807, 2.05) is 47.4 Å². The Morgan fingerprint density at radius 1 is 1.12 bits per heavy atom. The highest BCUT2D eigenvalue weighted by atomic mass is 16.7. The van der Waals surface area contributed by atoms with Crippen LogP contribution in [0.2, 0.25) is 0 Å². The predicted octanol–water partition coefficient (Wildman–Crippen LogP) is 3.18. The van der Waals surface area contributed by atoms with E-state index in [1.165, 1.54) is 0 Å². The maximum absolute atomic E-state index is 12.7. The zero-order valence-electron chi connectivity index (χ0n) is 19.0. The number of ether oxygens (including phenoxy) is 3. The van der Waals surface area contributed by atoms with Gasteiger partial charge in [-0.1, -0.05) is 31.5 Å². The first-order chi connectivity index (χ1) is 16.0. The number of methoxy groups -OCH3 is 1. The van der Waals surface area contributed by atoms with E-state index in [9.17, 15) is 14.7 Å². The van der Waals surface area contributed by atoms with Crippen LogP contribution in [0.4, 0.5) is 0 Å². The van der Waals surface area contributed by atoms with Gasteiger partial charge in [0.1, 0.15) is 5.75 Å². The Bertz CT molecular complexity index is 993. The topological polar surface area (TPSA) is 97.3 Å². The molecule has 1 fully saturated rings. The number of likely N-dealkylation sites (tertiary alicyclic amines) is 1. The number of nitrogens with one attached hydrogen (secondary N) is 1. The van der Waals surface area contributed by atoms with E-state index < -0.39 is 17.9 Å². The smallest absolute Gasteiger partial charge is 0.309 e. The Morgan fingerprint density at radius 2 is 1.85 bits per heavy atom. The molecule has 176 valence electrons. The lowest BCUT2D eigenvalue weighted by Gasteiger charge is -2.27. The second-order valence-corrected chi connectivity index (χ2v) is 8.43. The summed E-state index contributed by atoms with van der Waals surface area (Å²) in [7, 11) is 1.59. The Balaban J connectivity index is 1.66. The number of carboxylic acids is 1. The maximum atomic E-state index is 12.7. The van der Waals surface area contributed by atoms with Gasteiger partial charge in [0.25, 0.3) is 0 Å². The molecule has 1 amide bonds. The van der Waals surface area contributed by atoms with Crippen molar-refractivity contribution < 1.29 is 28.9 Å². The number of nitrogens with zero attached hydrogens (tertiary/aromatic N) is 1. The molecule has 33 heavy (non-hydrogen) atoms. The van der Waals surface area contributed by atoms with Crippen LogP contribution >= 0.6 is 0 Å². The van der Waals surface area contributed by atoms with Crippen molar-refractivity contribution in [3.05, 3.63) is 53.6 Å². The molecule has 0 aliphatic carbocycles. The third kappa shape index (κ3) is 4.90. The molecule has 4 rings (SSSR count). The number of amides is 1. The molecule has 2 aromatic carbocycles. The number of hydrogen-bond donors (Lipinski definition) is 2. The summed E-state index contributed by atoms with van der Waals surface area (Å²) in [5.74, 6) is -0.0738. The van der Waals surface area contributed by atoms with Gasteiger partial charge < -0.3 is 24.6 Å². The van der Waals surface area contributed by atoms with Gasteiger partial charge >= 0.3 is 5.97 Å². The van der Waals surface area contributed by atoms with Gasteiger partial charge in [-0.05, 0) is 41.8 Å². The van der Waals surface area contributed by atoms with Crippen LogP contribution < -0.4 is 19.5 Å². The van der Waals surface area contributed by atoms with Crippen LogP contribution in [0.1, 0.15) is 42.9 Å². The number of aliphatic carboxylic acids is 1. The summed E-state index contributed by atoms with van der Waals surface area (Å²) < 4.78 is 16.2. The molecule has 8 heteroatoms. The number of carboxylic acid groups (broad SMARTS) is 1. The van der Waals surface area contributed by atoms with Crippen molar-refractivity contribution in [1.82, 2.24) is 10.2 Å². The predicted molar refractivity (Wildman–Crippen MR) is 122 cm³/mol. The van der Waals surface area contributed by atoms with E-state index in [4.69, 9.17) is 14.2 Å². The Hall–Kier alpha value is -3.26. The van der Waals surface area contributed by atoms with Crippen molar-refractivity contribution in [3.63, 3.8) is 0 Å². The van der Waals surface area contributed by atoms with Gasteiger partial charge in [-0.25, -0.2) is 0 Å². The molecule has 0 bridgehead atoms. The van der Waals surface area contributed by atoms with Crippen LogP contribution in [0.3, 0.4) is 0 Å². The summed E-state index contributed by atoms with van der Waals surface area (Å²) in [6.07, 6.45) is 1.90. The molecule has 8 nitrogen and oxygen atoms in total. The molecule has 2 aliphatic heterocycles. The standard InChI is InChI=1S/C25H30N2O6/c1-3-4-11-26-22(28)14-27-13-19(17-7-10-20-21(12-17)33-15-32-20)23(25(29)30)24(27)16-5-8-18(31-2)9-6-16/h5-10,12,19,23-24H,3-4,11,13-15H2,1-2H3,(H,26,28)(H,29,30)/t19-,23-,24+/m1/s1. The fourth-order valence-corrected chi connectivity index (χ4v) is 4.72. The molecule has 0 radical (unpaired) electrons. The van der Waals surface area contributed by atoms with Crippen molar-refractivity contribution in [1.29, 1.82) is 0 Å². The van der Waals surface area contributed by atoms with Gasteiger partial charge in [0.05, 0.1) is 19.6 Å². The average molecular weight is 455 g/mol. The first-order valence-electron chi connectivity index (χ1n) is 11.3. The molecule has 3 atom stereocenters. The minimum Gasteiger partial charge on any atom is -0.497 e. The molecule has 2 heterocycles. The fourth-order valence-electron chi connectivity index (χ4n) is 4.72. The summed E-state index contributed by atoms with van der Waals surface area (Å²) >= 11 is 0. The van der Waals surface area contributed by atoms with E-state index in [-0.39, 0.29) is 25.2 Å².